The minimum Gasteiger partial charge on any atom is -0.285 e. The molecule has 2 aromatic rings. The summed E-state index contributed by atoms with van der Waals surface area (Å²) in [7, 11) is -4.21. The first-order valence-corrected chi connectivity index (χ1v) is 10.6. The SMILES string of the molecule is O=C1NC(=O)C(CC#Cc2ccc(F)cc2)(S(=O)(=O)c2ccc(Br)cc2)S1. The van der Waals surface area contributed by atoms with Crippen molar-refractivity contribution >= 4 is 48.7 Å². The molecule has 9 heteroatoms. The number of hydrogen-bond acceptors (Lipinski definition) is 5. The van der Waals surface area contributed by atoms with Gasteiger partial charge in [0, 0.05) is 16.5 Å². The second-order valence-corrected chi connectivity index (χ2v) is 10.2. The maximum absolute atomic E-state index is 13.1. The maximum Gasteiger partial charge on any atom is 0.287 e. The van der Waals surface area contributed by atoms with Crippen molar-refractivity contribution in [2.24, 2.45) is 0 Å². The standard InChI is InChI=1S/C18H11BrFNO4S2/c19-13-5-9-15(10-6-13)27(24,25)18(16(22)21-17(23)26-18)11-1-2-12-3-7-14(20)8-4-12/h3-10H,11H2,(H,21,22,23). The molecule has 0 radical (unpaired) electrons. The smallest absolute Gasteiger partial charge is 0.285 e. The van der Waals surface area contributed by atoms with Gasteiger partial charge in [-0.3, -0.25) is 14.9 Å². The van der Waals surface area contributed by atoms with Gasteiger partial charge >= 0.3 is 0 Å². The number of sulfone groups is 1. The Balaban J connectivity index is 2.01. The highest BCUT2D eigenvalue weighted by molar-refractivity contribution is 9.10. The van der Waals surface area contributed by atoms with Crippen LogP contribution in [0.5, 0.6) is 0 Å². The van der Waals surface area contributed by atoms with Crippen LogP contribution in [0.1, 0.15) is 12.0 Å². The topological polar surface area (TPSA) is 80.3 Å². The number of carbonyl (C=O) groups excluding carboxylic acids is 2. The molecule has 3 rings (SSSR count). The lowest BCUT2D eigenvalue weighted by atomic mass is 10.2. The van der Waals surface area contributed by atoms with Gasteiger partial charge in [0.2, 0.25) is 13.9 Å². The third-order valence-electron chi connectivity index (χ3n) is 3.78. The normalized spacial score (nSPS) is 19.3. The Morgan fingerprint density at radius 3 is 2.26 bits per heavy atom. The first-order chi connectivity index (χ1) is 12.7. The van der Waals surface area contributed by atoms with Crippen molar-refractivity contribution in [3.8, 4) is 11.8 Å². The molecule has 138 valence electrons. The van der Waals surface area contributed by atoms with Crippen molar-refractivity contribution < 1.29 is 22.4 Å². The zero-order valence-electron chi connectivity index (χ0n) is 13.5. The first-order valence-electron chi connectivity index (χ1n) is 7.54. The quantitative estimate of drug-likeness (QED) is 0.698. The highest BCUT2D eigenvalue weighted by Gasteiger charge is 2.58. The predicted octanol–water partition coefficient (Wildman–Crippen LogP) is 3.48. The van der Waals surface area contributed by atoms with Gasteiger partial charge in [-0.2, -0.15) is 0 Å². The molecule has 5 nitrogen and oxygen atoms in total. The maximum atomic E-state index is 13.1. The van der Waals surface area contributed by atoms with E-state index in [0.717, 1.165) is 0 Å². The van der Waals surface area contributed by atoms with E-state index in [1.54, 1.807) is 0 Å². The molecular weight excluding hydrogens is 457 g/mol. The van der Waals surface area contributed by atoms with E-state index in [9.17, 15) is 22.4 Å². The Hall–Kier alpha value is -2.15. The lowest BCUT2D eigenvalue weighted by molar-refractivity contribution is -0.119. The Kier molecular flexibility index (Phi) is 5.42. The first kappa shape index (κ1) is 19.6. The summed E-state index contributed by atoms with van der Waals surface area (Å²) in [6.45, 7) is 0. The fourth-order valence-corrected chi connectivity index (χ4v) is 5.78. The Bertz CT molecular complexity index is 1070. The third-order valence-corrected chi connectivity index (χ3v) is 8.25. The van der Waals surface area contributed by atoms with Gasteiger partial charge in [0.1, 0.15) is 5.82 Å². The number of imide groups is 1. The summed E-state index contributed by atoms with van der Waals surface area (Å²) < 4.78 is 37.8. The van der Waals surface area contributed by atoms with Crippen molar-refractivity contribution in [2.45, 2.75) is 15.4 Å². The molecule has 1 unspecified atom stereocenters. The molecule has 0 saturated carbocycles. The summed E-state index contributed by atoms with van der Waals surface area (Å²) in [4.78, 5) is 24.1. The molecule has 0 aliphatic carbocycles. The van der Waals surface area contributed by atoms with Gasteiger partial charge in [-0.05, 0) is 60.3 Å². The highest BCUT2D eigenvalue weighted by atomic mass is 79.9. The van der Waals surface area contributed by atoms with Crippen LogP contribution in [0, 0.1) is 17.7 Å². The molecule has 0 bridgehead atoms. The van der Waals surface area contributed by atoms with Crippen LogP contribution in [0.25, 0.3) is 0 Å². The fourth-order valence-electron chi connectivity index (χ4n) is 2.40. The molecule has 27 heavy (non-hydrogen) atoms. The van der Waals surface area contributed by atoms with E-state index in [1.807, 2.05) is 5.32 Å². The number of halogens is 2. The Labute approximate surface area is 167 Å². The van der Waals surface area contributed by atoms with Crippen LogP contribution in [-0.2, 0) is 14.6 Å². The molecule has 1 aliphatic rings. The minimum absolute atomic E-state index is 0.0911. The van der Waals surface area contributed by atoms with Crippen LogP contribution in [0.15, 0.2) is 57.9 Å². The second-order valence-electron chi connectivity index (χ2n) is 5.54. The van der Waals surface area contributed by atoms with Crippen molar-refractivity contribution in [2.75, 3.05) is 0 Å². The van der Waals surface area contributed by atoms with E-state index < -0.39 is 37.3 Å². The number of hydrogen-bond donors (Lipinski definition) is 1. The third kappa shape index (κ3) is 3.78. The van der Waals surface area contributed by atoms with Gasteiger partial charge in [-0.15, -0.1) is 0 Å². The molecule has 1 N–H and O–H groups in total. The average Bonchev–Trinajstić information content (AvgIpc) is 2.92. The average molecular weight is 468 g/mol. The fraction of sp³-hybridized carbons (Fsp3) is 0.111. The van der Waals surface area contributed by atoms with Gasteiger partial charge in [-0.1, -0.05) is 27.8 Å². The number of nitrogens with one attached hydrogen (secondary N) is 1. The van der Waals surface area contributed by atoms with Crippen LogP contribution in [0.4, 0.5) is 9.18 Å². The molecule has 2 aromatic carbocycles. The van der Waals surface area contributed by atoms with Crippen molar-refractivity contribution in [3.05, 3.63) is 64.4 Å². The molecule has 1 saturated heterocycles. The van der Waals surface area contributed by atoms with E-state index in [4.69, 9.17) is 0 Å². The van der Waals surface area contributed by atoms with Gasteiger partial charge in [0.05, 0.1) is 4.90 Å². The van der Waals surface area contributed by atoms with Gasteiger partial charge < -0.3 is 0 Å². The van der Waals surface area contributed by atoms with E-state index in [1.165, 1.54) is 48.5 Å². The lowest BCUT2D eigenvalue weighted by Gasteiger charge is -2.22. The van der Waals surface area contributed by atoms with Crippen LogP contribution in [0.2, 0.25) is 0 Å². The van der Waals surface area contributed by atoms with Crippen LogP contribution < -0.4 is 5.32 Å². The van der Waals surface area contributed by atoms with E-state index in [2.05, 4.69) is 27.8 Å². The number of thioether (sulfide) groups is 1. The van der Waals surface area contributed by atoms with Crippen LogP contribution in [-0.4, -0.2) is 23.6 Å². The van der Waals surface area contributed by atoms with Gasteiger partial charge in [0.15, 0.2) is 0 Å². The summed E-state index contributed by atoms with van der Waals surface area (Å²) in [5, 5.41) is 1.28. The summed E-state index contributed by atoms with van der Waals surface area (Å²) in [6, 6.07) is 11.1. The van der Waals surface area contributed by atoms with Crippen molar-refractivity contribution in [3.63, 3.8) is 0 Å². The number of carbonyl (C=O) groups is 2. The largest absolute Gasteiger partial charge is 0.287 e. The summed E-state index contributed by atoms with van der Waals surface area (Å²) in [5.41, 5.74) is 0.460. The van der Waals surface area contributed by atoms with Crippen molar-refractivity contribution in [1.82, 2.24) is 5.32 Å². The summed E-state index contributed by atoms with van der Waals surface area (Å²) in [6.07, 6.45) is -0.398. The number of amides is 2. The zero-order chi connectivity index (χ0) is 19.7. The van der Waals surface area contributed by atoms with E-state index in [-0.39, 0.29) is 4.90 Å². The molecule has 0 spiro atoms. The zero-order valence-corrected chi connectivity index (χ0v) is 16.8. The van der Waals surface area contributed by atoms with Crippen LogP contribution >= 0.6 is 27.7 Å². The van der Waals surface area contributed by atoms with Crippen LogP contribution in [0.3, 0.4) is 0 Å². The van der Waals surface area contributed by atoms with Crippen molar-refractivity contribution in [1.29, 1.82) is 0 Å². The molecule has 1 aliphatic heterocycles. The molecule has 2 amide bonds. The second kappa shape index (κ2) is 7.46. The molecule has 1 atom stereocenters. The highest BCUT2D eigenvalue weighted by Crippen LogP contribution is 2.43. The van der Waals surface area contributed by atoms with Gasteiger partial charge in [-0.25, -0.2) is 12.8 Å². The molecular formula is C18H11BrFNO4S2. The van der Waals surface area contributed by atoms with E-state index in [0.29, 0.717) is 21.8 Å². The van der Waals surface area contributed by atoms with E-state index >= 15 is 0 Å². The summed E-state index contributed by atoms with van der Waals surface area (Å²) in [5.74, 6) is 4.00. The Morgan fingerprint density at radius 2 is 1.70 bits per heavy atom. The van der Waals surface area contributed by atoms with Gasteiger partial charge in [0.25, 0.3) is 11.1 Å². The minimum atomic E-state index is -4.21. The monoisotopic (exact) mass is 467 g/mol. The Morgan fingerprint density at radius 1 is 1.07 bits per heavy atom. The predicted molar refractivity (Wildman–Crippen MR) is 103 cm³/mol. The number of rotatable bonds is 3. The molecule has 1 heterocycles. The molecule has 0 aromatic heterocycles. The molecule has 1 fully saturated rings. The number of benzene rings is 2. The lowest BCUT2D eigenvalue weighted by Crippen LogP contribution is -2.43. The summed E-state index contributed by atoms with van der Waals surface area (Å²) >= 11 is 3.62.